The van der Waals surface area contributed by atoms with Gasteiger partial charge in [0.05, 0.1) is 11.6 Å². The van der Waals surface area contributed by atoms with E-state index in [1.165, 1.54) is 24.4 Å². The second-order valence-electron chi connectivity index (χ2n) is 9.34. The van der Waals surface area contributed by atoms with E-state index in [0.29, 0.717) is 12.1 Å². The van der Waals surface area contributed by atoms with Crippen molar-refractivity contribution in [2.45, 2.75) is 12.2 Å². The number of pyridine rings is 1. The largest absolute Gasteiger partial charge is 0.416 e. The average molecular weight is 602 g/mol. The summed E-state index contributed by atoms with van der Waals surface area (Å²) in [6, 6.07) is 7.56. The lowest BCUT2D eigenvalue weighted by atomic mass is 9.93. The van der Waals surface area contributed by atoms with Crippen LogP contribution >= 0.6 is 11.6 Å². The number of alkyl halides is 3. The maximum absolute atomic E-state index is 14.7. The van der Waals surface area contributed by atoms with Crippen LogP contribution in [0.4, 0.5) is 32.0 Å². The summed E-state index contributed by atoms with van der Waals surface area (Å²) in [6.07, 6.45) is -2.39. The molecule has 212 valence electrons. The fraction of sp³-hybridized carbons (Fsp3) is 0.0714. The van der Waals surface area contributed by atoms with Crippen molar-refractivity contribution in [1.29, 1.82) is 0 Å². The number of carbonyl (C=O) groups excluding carboxylic acids is 2. The van der Waals surface area contributed by atoms with E-state index >= 15 is 0 Å². The molecule has 3 heterocycles. The highest BCUT2D eigenvalue weighted by Crippen LogP contribution is 2.42. The Labute approximate surface area is 236 Å². The van der Waals surface area contributed by atoms with E-state index in [2.05, 4.69) is 20.7 Å². The molecule has 2 aromatic heterocycles. The van der Waals surface area contributed by atoms with Crippen LogP contribution in [0.15, 0.2) is 67.1 Å². The first-order valence-corrected chi connectivity index (χ1v) is 12.4. The van der Waals surface area contributed by atoms with Crippen LogP contribution in [0.5, 0.6) is 0 Å². The maximum Gasteiger partial charge on any atom is 0.416 e. The molecule has 0 saturated heterocycles. The minimum atomic E-state index is -4.93. The van der Waals surface area contributed by atoms with Gasteiger partial charge in [0.25, 0.3) is 11.8 Å². The Morgan fingerprint density at radius 3 is 2.52 bits per heavy atom. The van der Waals surface area contributed by atoms with E-state index in [1.807, 2.05) is 0 Å². The smallest absolute Gasteiger partial charge is 0.341 e. The summed E-state index contributed by atoms with van der Waals surface area (Å²) < 4.78 is 84.1. The second kappa shape index (κ2) is 9.87. The predicted molar refractivity (Wildman–Crippen MR) is 138 cm³/mol. The average Bonchev–Trinajstić information content (AvgIpc) is 3.54. The van der Waals surface area contributed by atoms with Crippen molar-refractivity contribution >= 4 is 34.7 Å². The second-order valence-corrected chi connectivity index (χ2v) is 9.75. The van der Waals surface area contributed by atoms with E-state index in [4.69, 9.17) is 11.6 Å². The summed E-state index contributed by atoms with van der Waals surface area (Å²) in [5.74, 6) is -4.51. The number of anilines is 1. The van der Waals surface area contributed by atoms with Crippen LogP contribution in [0, 0.1) is 17.5 Å². The van der Waals surface area contributed by atoms with Gasteiger partial charge in [-0.2, -0.15) is 18.3 Å². The van der Waals surface area contributed by atoms with Crippen molar-refractivity contribution in [1.82, 2.24) is 19.9 Å². The van der Waals surface area contributed by atoms with Gasteiger partial charge in [-0.05, 0) is 60.2 Å². The zero-order valence-corrected chi connectivity index (χ0v) is 21.5. The standard InChI is InChI=1S/C28H14ClF6N5O2/c29-20-2-1-16(30)9-18(20)24-23-19(27(42)39-24)5-12(14-6-21(32)25-36-11-37-40(25)10-14)7-22(23)38-26(41)13-3-15(28(33,34)35)8-17(31)4-13/h1-11,24H,(H,38,41)(H,39,42)/t24-/m1/s1. The minimum Gasteiger partial charge on any atom is -0.341 e. The third-order valence-electron chi connectivity index (χ3n) is 6.66. The lowest BCUT2D eigenvalue weighted by Gasteiger charge is -2.19. The lowest BCUT2D eigenvalue weighted by molar-refractivity contribution is -0.137. The molecule has 3 aromatic carbocycles. The molecule has 0 radical (unpaired) electrons. The van der Waals surface area contributed by atoms with E-state index < -0.39 is 52.6 Å². The number of hydrogen-bond acceptors (Lipinski definition) is 4. The minimum absolute atomic E-state index is 0.0116. The van der Waals surface area contributed by atoms with Gasteiger partial charge in [0, 0.05) is 44.7 Å². The Morgan fingerprint density at radius 1 is 0.976 bits per heavy atom. The number of carbonyl (C=O) groups is 2. The summed E-state index contributed by atoms with van der Waals surface area (Å²) in [4.78, 5) is 30.2. The molecule has 2 amide bonds. The monoisotopic (exact) mass is 601 g/mol. The SMILES string of the molecule is O=C(Nc1cc(-c2cc(F)c3ncnn3c2)cc2c1[C@@H](c1cc(F)ccc1Cl)NC2=O)c1cc(F)cc(C(F)(F)F)c1. The number of benzene rings is 3. The highest BCUT2D eigenvalue weighted by atomic mass is 35.5. The molecule has 42 heavy (non-hydrogen) atoms. The summed E-state index contributed by atoms with van der Waals surface area (Å²) in [5.41, 5.74) is -1.58. The first kappa shape index (κ1) is 27.3. The zero-order valence-electron chi connectivity index (χ0n) is 20.7. The van der Waals surface area contributed by atoms with Crippen LogP contribution in [0.25, 0.3) is 16.8 Å². The third-order valence-corrected chi connectivity index (χ3v) is 7.00. The summed E-state index contributed by atoms with van der Waals surface area (Å²) in [5, 5.41) is 9.09. The third kappa shape index (κ3) is 4.81. The van der Waals surface area contributed by atoms with Crippen molar-refractivity contribution in [3.8, 4) is 11.1 Å². The first-order chi connectivity index (χ1) is 19.9. The zero-order chi connectivity index (χ0) is 29.9. The fourth-order valence-corrected chi connectivity index (χ4v) is 5.02. The topological polar surface area (TPSA) is 88.4 Å². The molecule has 1 aliphatic heterocycles. The lowest BCUT2D eigenvalue weighted by Crippen LogP contribution is -2.21. The van der Waals surface area contributed by atoms with Gasteiger partial charge >= 0.3 is 6.18 Å². The summed E-state index contributed by atoms with van der Waals surface area (Å²) >= 11 is 6.30. The van der Waals surface area contributed by atoms with Crippen molar-refractivity contribution in [3.05, 3.63) is 117 Å². The molecule has 0 saturated carbocycles. The molecule has 2 N–H and O–H groups in total. The van der Waals surface area contributed by atoms with Gasteiger partial charge in [0.1, 0.15) is 18.0 Å². The number of halogens is 7. The van der Waals surface area contributed by atoms with Crippen molar-refractivity contribution in [2.24, 2.45) is 0 Å². The molecule has 7 nitrogen and oxygen atoms in total. The van der Waals surface area contributed by atoms with Crippen LogP contribution in [-0.2, 0) is 6.18 Å². The predicted octanol–water partition coefficient (Wildman–Crippen LogP) is 6.57. The Kier molecular flexibility index (Phi) is 6.41. The Bertz CT molecular complexity index is 1940. The molecular weight excluding hydrogens is 588 g/mol. The van der Waals surface area contributed by atoms with Gasteiger partial charge in [-0.15, -0.1) is 0 Å². The van der Waals surface area contributed by atoms with Crippen LogP contribution in [0.1, 0.15) is 43.4 Å². The highest BCUT2D eigenvalue weighted by molar-refractivity contribution is 6.31. The molecule has 1 aliphatic rings. The Balaban J connectivity index is 1.52. The van der Waals surface area contributed by atoms with E-state index in [1.54, 1.807) is 0 Å². The van der Waals surface area contributed by atoms with Gasteiger partial charge in [-0.25, -0.2) is 22.7 Å². The number of nitrogens with zero attached hydrogens (tertiary/aromatic N) is 3. The number of fused-ring (bicyclic) bond motifs is 2. The Hall–Kier alpha value is -4.91. The van der Waals surface area contributed by atoms with Gasteiger partial charge in [-0.1, -0.05) is 11.6 Å². The number of nitrogens with one attached hydrogen (secondary N) is 2. The van der Waals surface area contributed by atoms with Gasteiger partial charge in [0.2, 0.25) is 0 Å². The molecule has 1 atom stereocenters. The van der Waals surface area contributed by atoms with Crippen LogP contribution in [-0.4, -0.2) is 26.4 Å². The fourth-order valence-electron chi connectivity index (χ4n) is 4.79. The molecule has 0 unspecified atom stereocenters. The van der Waals surface area contributed by atoms with Crippen molar-refractivity contribution in [3.63, 3.8) is 0 Å². The molecule has 0 spiro atoms. The summed E-state index contributed by atoms with van der Waals surface area (Å²) in [6.45, 7) is 0. The van der Waals surface area contributed by atoms with E-state index in [9.17, 15) is 35.9 Å². The van der Waals surface area contributed by atoms with Crippen LogP contribution in [0.3, 0.4) is 0 Å². The van der Waals surface area contributed by atoms with Crippen LogP contribution < -0.4 is 10.6 Å². The first-order valence-electron chi connectivity index (χ1n) is 12.0. The normalized spacial score (nSPS) is 14.6. The van der Waals surface area contributed by atoms with Crippen molar-refractivity contribution in [2.75, 3.05) is 5.32 Å². The van der Waals surface area contributed by atoms with Gasteiger partial charge in [-0.3, -0.25) is 9.59 Å². The molecule has 0 fully saturated rings. The quantitative estimate of drug-likeness (QED) is 0.228. The number of hydrogen-bond donors (Lipinski definition) is 2. The van der Waals surface area contributed by atoms with Crippen molar-refractivity contribution < 1.29 is 35.9 Å². The number of rotatable bonds is 4. The number of aromatic nitrogens is 3. The molecule has 5 aromatic rings. The van der Waals surface area contributed by atoms with Crippen LogP contribution in [0.2, 0.25) is 5.02 Å². The Morgan fingerprint density at radius 2 is 1.76 bits per heavy atom. The van der Waals surface area contributed by atoms with Gasteiger partial charge < -0.3 is 10.6 Å². The molecule has 0 aliphatic carbocycles. The van der Waals surface area contributed by atoms with Gasteiger partial charge in [0.15, 0.2) is 11.5 Å². The molecular formula is C28H14ClF6N5O2. The number of amides is 2. The van der Waals surface area contributed by atoms with E-state index in [0.717, 1.165) is 29.0 Å². The van der Waals surface area contributed by atoms with E-state index in [-0.39, 0.29) is 50.2 Å². The highest BCUT2D eigenvalue weighted by Gasteiger charge is 2.36. The molecule has 0 bridgehead atoms. The summed E-state index contributed by atoms with van der Waals surface area (Å²) in [7, 11) is 0. The maximum atomic E-state index is 14.7. The molecule has 14 heteroatoms. The molecule has 6 rings (SSSR count).